The summed E-state index contributed by atoms with van der Waals surface area (Å²) in [6.45, 7) is 6.05. The second kappa shape index (κ2) is 9.12. The molecular weight excluding hydrogens is 438 g/mol. The molecule has 1 heterocycles. The van der Waals surface area contributed by atoms with Crippen molar-refractivity contribution in [2.24, 2.45) is 0 Å². The Labute approximate surface area is 197 Å². The maximum Gasteiger partial charge on any atom is 0.300 e. The highest BCUT2D eigenvalue weighted by Crippen LogP contribution is 2.43. The molecule has 0 aliphatic carbocycles. The molecule has 0 spiro atoms. The predicted octanol–water partition coefficient (Wildman–Crippen LogP) is 5.98. The van der Waals surface area contributed by atoms with Gasteiger partial charge in [0.25, 0.3) is 11.7 Å². The van der Waals surface area contributed by atoms with Crippen LogP contribution in [0.4, 0.5) is 5.69 Å². The van der Waals surface area contributed by atoms with E-state index in [0.717, 1.165) is 16.7 Å². The van der Waals surface area contributed by atoms with Gasteiger partial charge in [0.05, 0.1) is 23.2 Å². The molecule has 0 aromatic heterocycles. The highest BCUT2D eigenvalue weighted by Gasteiger charge is 2.47. The van der Waals surface area contributed by atoms with Crippen LogP contribution in [0.25, 0.3) is 5.76 Å². The predicted molar refractivity (Wildman–Crippen MR) is 130 cm³/mol. The lowest BCUT2D eigenvalue weighted by molar-refractivity contribution is -0.132. The number of Topliss-reactive ketones (excluding diaryl/α,β-unsaturated/α-hetero) is 1. The van der Waals surface area contributed by atoms with E-state index >= 15 is 0 Å². The fourth-order valence-corrected chi connectivity index (χ4v) is 4.31. The van der Waals surface area contributed by atoms with Crippen molar-refractivity contribution in [2.45, 2.75) is 26.8 Å². The molecule has 1 N–H and O–H groups in total. The summed E-state index contributed by atoms with van der Waals surface area (Å²) >= 11 is 6.20. The highest BCUT2D eigenvalue weighted by atomic mass is 35.5. The van der Waals surface area contributed by atoms with E-state index in [0.29, 0.717) is 28.6 Å². The lowest BCUT2D eigenvalue weighted by atomic mass is 9.94. The number of ketones is 1. The number of amides is 1. The van der Waals surface area contributed by atoms with Gasteiger partial charge in [-0.25, -0.2) is 0 Å². The molecule has 1 amide bonds. The van der Waals surface area contributed by atoms with E-state index in [1.807, 2.05) is 63.2 Å². The molecule has 3 aromatic rings. The first-order valence-corrected chi connectivity index (χ1v) is 11.1. The van der Waals surface area contributed by atoms with Gasteiger partial charge in [-0.15, -0.1) is 0 Å². The molecule has 1 unspecified atom stereocenters. The van der Waals surface area contributed by atoms with Crippen LogP contribution in [-0.2, 0) is 9.59 Å². The van der Waals surface area contributed by atoms with Gasteiger partial charge in [-0.3, -0.25) is 14.5 Å². The number of nitrogens with zero attached hydrogens (tertiary/aromatic N) is 1. The summed E-state index contributed by atoms with van der Waals surface area (Å²) in [6.07, 6.45) is 0. The van der Waals surface area contributed by atoms with Gasteiger partial charge >= 0.3 is 0 Å². The fraction of sp³-hybridized carbons (Fsp3) is 0.185. The number of aliphatic hydroxyl groups is 1. The van der Waals surface area contributed by atoms with Crippen molar-refractivity contribution in [1.82, 2.24) is 0 Å². The lowest BCUT2D eigenvalue weighted by Gasteiger charge is -2.27. The summed E-state index contributed by atoms with van der Waals surface area (Å²) in [7, 11) is 0. The smallest absolute Gasteiger partial charge is 0.300 e. The Morgan fingerprint density at radius 2 is 1.79 bits per heavy atom. The first-order valence-electron chi connectivity index (χ1n) is 10.7. The molecule has 1 fully saturated rings. The number of halogens is 1. The maximum atomic E-state index is 13.3. The van der Waals surface area contributed by atoms with E-state index in [1.54, 1.807) is 24.3 Å². The summed E-state index contributed by atoms with van der Waals surface area (Å²) < 4.78 is 5.54. The number of anilines is 1. The number of benzene rings is 3. The first kappa shape index (κ1) is 22.6. The molecule has 3 aromatic carbocycles. The van der Waals surface area contributed by atoms with Crippen molar-refractivity contribution in [3.05, 3.63) is 99.6 Å². The second-order valence-corrected chi connectivity index (χ2v) is 8.36. The van der Waals surface area contributed by atoms with Crippen LogP contribution in [0.15, 0.2) is 72.3 Å². The summed E-state index contributed by atoms with van der Waals surface area (Å²) in [4.78, 5) is 28.0. The van der Waals surface area contributed by atoms with Crippen molar-refractivity contribution in [2.75, 3.05) is 11.5 Å². The molecule has 0 radical (unpaired) electrons. The zero-order valence-electron chi connectivity index (χ0n) is 18.6. The number of ether oxygens (including phenoxy) is 1. The molecular formula is C27H24ClNO4. The minimum atomic E-state index is -0.780. The van der Waals surface area contributed by atoms with Crippen LogP contribution in [-0.4, -0.2) is 23.4 Å². The summed E-state index contributed by atoms with van der Waals surface area (Å²) in [6, 6.07) is 19.0. The Morgan fingerprint density at radius 1 is 1.03 bits per heavy atom. The molecule has 1 saturated heterocycles. The van der Waals surface area contributed by atoms with Crippen LogP contribution in [0.1, 0.15) is 35.2 Å². The third-order valence-corrected chi connectivity index (χ3v) is 5.99. The average molecular weight is 462 g/mol. The zero-order valence-corrected chi connectivity index (χ0v) is 19.4. The minimum absolute atomic E-state index is 0.0265. The van der Waals surface area contributed by atoms with Gasteiger partial charge in [0.1, 0.15) is 11.5 Å². The van der Waals surface area contributed by atoms with Gasteiger partial charge in [0, 0.05) is 11.3 Å². The van der Waals surface area contributed by atoms with E-state index in [9.17, 15) is 14.7 Å². The average Bonchev–Trinajstić information content (AvgIpc) is 3.06. The van der Waals surface area contributed by atoms with Crippen molar-refractivity contribution in [1.29, 1.82) is 0 Å². The summed E-state index contributed by atoms with van der Waals surface area (Å²) in [5, 5.41) is 11.7. The molecule has 4 rings (SSSR count). The van der Waals surface area contributed by atoms with Gasteiger partial charge in [-0.2, -0.15) is 0 Å². The Hall–Kier alpha value is -3.57. The normalized spacial score (nSPS) is 17.5. The molecule has 1 aliphatic heterocycles. The van der Waals surface area contributed by atoms with E-state index in [1.165, 1.54) is 4.90 Å². The molecule has 6 heteroatoms. The first-order chi connectivity index (χ1) is 15.8. The SMILES string of the molecule is CCOc1cc(/C(O)=C2/C(=O)C(=O)N(c3ccccc3C)C2c2cccc(C)c2)ccc1Cl. The van der Waals surface area contributed by atoms with Crippen LogP contribution < -0.4 is 9.64 Å². The van der Waals surface area contributed by atoms with Crippen LogP contribution in [0.5, 0.6) is 5.75 Å². The van der Waals surface area contributed by atoms with E-state index in [-0.39, 0.29) is 11.3 Å². The number of rotatable bonds is 5. The van der Waals surface area contributed by atoms with Crippen molar-refractivity contribution < 1.29 is 19.4 Å². The van der Waals surface area contributed by atoms with E-state index < -0.39 is 17.7 Å². The molecule has 0 bridgehead atoms. The Balaban J connectivity index is 1.96. The Kier molecular flexibility index (Phi) is 6.25. The number of hydrogen-bond donors (Lipinski definition) is 1. The molecule has 0 saturated carbocycles. The number of aryl methyl sites for hydroxylation is 2. The molecule has 1 atom stereocenters. The number of carbonyl (C=O) groups excluding carboxylic acids is 2. The topological polar surface area (TPSA) is 66.8 Å². The maximum absolute atomic E-state index is 13.3. The van der Waals surface area contributed by atoms with Crippen LogP contribution in [0.2, 0.25) is 5.02 Å². The van der Waals surface area contributed by atoms with E-state index in [2.05, 4.69) is 0 Å². The number of carbonyl (C=O) groups is 2. The third kappa shape index (κ3) is 4.12. The summed E-state index contributed by atoms with van der Waals surface area (Å²) in [5.74, 6) is -1.30. The van der Waals surface area contributed by atoms with Crippen LogP contribution in [0, 0.1) is 13.8 Å². The van der Waals surface area contributed by atoms with Crippen molar-refractivity contribution >= 4 is 34.7 Å². The fourth-order valence-electron chi connectivity index (χ4n) is 4.14. The largest absolute Gasteiger partial charge is 0.507 e. The molecule has 33 heavy (non-hydrogen) atoms. The second-order valence-electron chi connectivity index (χ2n) is 7.95. The van der Waals surface area contributed by atoms with Gasteiger partial charge in [0.15, 0.2) is 0 Å². The van der Waals surface area contributed by atoms with Gasteiger partial charge < -0.3 is 9.84 Å². The molecule has 1 aliphatic rings. The third-order valence-electron chi connectivity index (χ3n) is 5.68. The quantitative estimate of drug-likeness (QED) is 0.288. The lowest BCUT2D eigenvalue weighted by Crippen LogP contribution is -2.30. The minimum Gasteiger partial charge on any atom is -0.507 e. The molecule has 5 nitrogen and oxygen atoms in total. The Bertz CT molecular complexity index is 1280. The van der Waals surface area contributed by atoms with Crippen LogP contribution >= 0.6 is 11.6 Å². The highest BCUT2D eigenvalue weighted by molar-refractivity contribution is 6.51. The monoisotopic (exact) mass is 461 g/mol. The van der Waals surface area contributed by atoms with E-state index in [4.69, 9.17) is 16.3 Å². The van der Waals surface area contributed by atoms with Crippen LogP contribution in [0.3, 0.4) is 0 Å². The standard InChI is InChI=1S/C27H24ClNO4/c1-4-33-22-15-19(12-13-20(22)28)25(30)23-24(18-10-7-8-16(2)14-18)29(27(32)26(23)31)21-11-6-5-9-17(21)3/h5-15,24,30H,4H2,1-3H3/b25-23-. The Morgan fingerprint density at radius 3 is 2.48 bits per heavy atom. The van der Waals surface area contributed by atoms with Crippen molar-refractivity contribution in [3.8, 4) is 5.75 Å². The van der Waals surface area contributed by atoms with Gasteiger partial charge in [-0.05, 0) is 56.2 Å². The van der Waals surface area contributed by atoms with Crippen molar-refractivity contribution in [3.63, 3.8) is 0 Å². The number of aliphatic hydroxyl groups excluding tert-OH is 1. The number of hydrogen-bond acceptors (Lipinski definition) is 4. The summed E-state index contributed by atoms with van der Waals surface area (Å²) in [5.41, 5.74) is 3.56. The zero-order chi connectivity index (χ0) is 23.7. The molecule has 168 valence electrons. The van der Waals surface area contributed by atoms with Gasteiger partial charge in [0.2, 0.25) is 0 Å². The number of para-hydroxylation sites is 1. The van der Waals surface area contributed by atoms with Gasteiger partial charge in [-0.1, -0.05) is 59.6 Å².